The van der Waals surface area contributed by atoms with Crippen molar-refractivity contribution in [2.24, 2.45) is 0 Å². The molecule has 7 nitrogen and oxygen atoms in total. The van der Waals surface area contributed by atoms with Crippen molar-refractivity contribution < 1.29 is 27.9 Å². The minimum atomic E-state index is -4.10. The maximum absolute atomic E-state index is 12.2. The number of methoxy groups -OCH3 is 1. The summed E-state index contributed by atoms with van der Waals surface area (Å²) in [6, 6.07) is 2.46. The van der Waals surface area contributed by atoms with E-state index in [4.69, 9.17) is 16.7 Å². The first kappa shape index (κ1) is 17.4. The number of benzene rings is 1. The van der Waals surface area contributed by atoms with Gasteiger partial charge < -0.3 is 9.84 Å². The van der Waals surface area contributed by atoms with Gasteiger partial charge in [0.2, 0.25) is 10.0 Å². The van der Waals surface area contributed by atoms with E-state index in [2.05, 4.69) is 4.74 Å². The molecule has 0 fully saturated rings. The molecule has 1 aromatic rings. The summed E-state index contributed by atoms with van der Waals surface area (Å²) in [7, 11) is -3.02. The fraction of sp³-hybridized carbons (Fsp3) is 0.333. The molecule has 0 saturated carbocycles. The number of carboxylic acid groups (broad SMARTS) is 1. The van der Waals surface area contributed by atoms with Crippen LogP contribution in [0.5, 0.6) is 0 Å². The molecule has 0 unspecified atom stereocenters. The van der Waals surface area contributed by atoms with Gasteiger partial charge in [-0.05, 0) is 30.7 Å². The molecular weight excluding hydrogens is 322 g/mol. The molecule has 0 aliphatic rings. The van der Waals surface area contributed by atoms with Crippen LogP contribution in [0.2, 0.25) is 5.02 Å². The number of hydrogen-bond acceptors (Lipinski definition) is 5. The third kappa shape index (κ3) is 4.69. The molecule has 9 heteroatoms. The smallest absolute Gasteiger partial charge is 0.322 e. The standard InChI is InChI=1S/C12H14ClNO6S/c1-7-5-8(13)3-4-10(7)21(18,19)14-9(12(16)17)6-11(15)20-2/h3-5,9,14H,6H2,1-2H3,(H,16,17)/t9-/m0/s1. The van der Waals surface area contributed by atoms with Crippen LogP contribution in [0.15, 0.2) is 23.1 Å². The fourth-order valence-corrected chi connectivity index (χ4v) is 3.24. The van der Waals surface area contributed by atoms with E-state index in [1.165, 1.54) is 25.1 Å². The lowest BCUT2D eigenvalue weighted by atomic mass is 10.2. The van der Waals surface area contributed by atoms with Crippen LogP contribution in [0.25, 0.3) is 0 Å². The Balaban J connectivity index is 3.06. The summed E-state index contributed by atoms with van der Waals surface area (Å²) in [4.78, 5) is 22.1. The molecule has 0 bridgehead atoms. The van der Waals surface area contributed by atoms with Gasteiger partial charge in [-0.3, -0.25) is 9.59 Å². The summed E-state index contributed by atoms with van der Waals surface area (Å²) in [5.41, 5.74) is 0.359. The van der Waals surface area contributed by atoms with Crippen molar-refractivity contribution in [3.63, 3.8) is 0 Å². The van der Waals surface area contributed by atoms with E-state index in [1.807, 2.05) is 4.72 Å². The molecule has 1 atom stereocenters. The number of sulfonamides is 1. The van der Waals surface area contributed by atoms with Gasteiger partial charge in [0.1, 0.15) is 6.04 Å². The average molecular weight is 336 g/mol. The second-order valence-electron chi connectivity index (χ2n) is 4.20. The van der Waals surface area contributed by atoms with Crippen LogP contribution in [0.3, 0.4) is 0 Å². The largest absolute Gasteiger partial charge is 0.480 e. The third-order valence-electron chi connectivity index (χ3n) is 2.62. The number of rotatable bonds is 6. The van der Waals surface area contributed by atoms with Gasteiger partial charge in [0.25, 0.3) is 0 Å². The Morgan fingerprint density at radius 3 is 2.52 bits per heavy atom. The van der Waals surface area contributed by atoms with E-state index >= 15 is 0 Å². The second kappa shape index (κ2) is 6.88. The molecule has 0 saturated heterocycles. The van der Waals surface area contributed by atoms with Crippen LogP contribution in [0.1, 0.15) is 12.0 Å². The first-order valence-electron chi connectivity index (χ1n) is 5.75. The lowest BCUT2D eigenvalue weighted by molar-refractivity contribution is -0.147. The number of aryl methyl sites for hydroxylation is 1. The summed E-state index contributed by atoms with van der Waals surface area (Å²) < 4.78 is 30.7. The SMILES string of the molecule is COC(=O)C[C@H](NS(=O)(=O)c1ccc(Cl)cc1C)C(=O)O. The van der Waals surface area contributed by atoms with Crippen molar-refractivity contribution >= 4 is 33.6 Å². The Hall–Kier alpha value is -1.64. The van der Waals surface area contributed by atoms with Crippen LogP contribution in [0.4, 0.5) is 0 Å². The maximum atomic E-state index is 12.2. The van der Waals surface area contributed by atoms with E-state index in [-0.39, 0.29) is 4.90 Å². The zero-order valence-corrected chi connectivity index (χ0v) is 12.9. The average Bonchev–Trinajstić information content (AvgIpc) is 2.36. The molecule has 0 aromatic heterocycles. The number of aliphatic carboxylic acids is 1. The normalized spacial score (nSPS) is 12.7. The van der Waals surface area contributed by atoms with E-state index in [0.29, 0.717) is 10.6 Å². The van der Waals surface area contributed by atoms with Crippen molar-refractivity contribution in [2.75, 3.05) is 7.11 Å². The van der Waals surface area contributed by atoms with E-state index < -0.39 is 34.4 Å². The quantitative estimate of drug-likeness (QED) is 0.749. The van der Waals surface area contributed by atoms with Crippen molar-refractivity contribution in [1.29, 1.82) is 0 Å². The molecule has 1 aromatic carbocycles. The lowest BCUT2D eigenvalue weighted by Gasteiger charge is -2.15. The molecule has 0 spiro atoms. The van der Waals surface area contributed by atoms with Crippen molar-refractivity contribution in [1.82, 2.24) is 4.72 Å². The summed E-state index contributed by atoms with van der Waals surface area (Å²) in [6.07, 6.45) is -0.613. The first-order valence-corrected chi connectivity index (χ1v) is 7.61. The predicted octanol–water partition coefficient (Wildman–Crippen LogP) is 0.943. The third-order valence-corrected chi connectivity index (χ3v) is 4.49. The molecule has 0 aliphatic carbocycles. The number of nitrogens with one attached hydrogen (secondary N) is 1. The van der Waals surface area contributed by atoms with Gasteiger partial charge in [0.05, 0.1) is 18.4 Å². The number of carboxylic acids is 1. The van der Waals surface area contributed by atoms with Crippen LogP contribution in [-0.2, 0) is 24.3 Å². The Kier molecular flexibility index (Phi) is 5.70. The Bertz CT molecular complexity index is 658. The summed E-state index contributed by atoms with van der Waals surface area (Å²) in [5.74, 6) is -2.31. The highest BCUT2D eigenvalue weighted by Gasteiger charge is 2.28. The van der Waals surface area contributed by atoms with Gasteiger partial charge in [0.15, 0.2) is 0 Å². The molecule has 0 aliphatic heterocycles. The Labute approximate surface area is 126 Å². The Morgan fingerprint density at radius 2 is 2.05 bits per heavy atom. The molecular formula is C12H14ClNO6S. The molecule has 21 heavy (non-hydrogen) atoms. The molecule has 2 N–H and O–H groups in total. The van der Waals surface area contributed by atoms with E-state index in [0.717, 1.165) is 7.11 Å². The van der Waals surface area contributed by atoms with E-state index in [9.17, 15) is 18.0 Å². The van der Waals surface area contributed by atoms with Crippen LogP contribution in [0, 0.1) is 6.92 Å². The van der Waals surface area contributed by atoms with Crippen molar-refractivity contribution in [3.05, 3.63) is 28.8 Å². The lowest BCUT2D eigenvalue weighted by Crippen LogP contribution is -2.42. The molecule has 116 valence electrons. The number of halogens is 1. The molecule has 1 rings (SSSR count). The van der Waals surface area contributed by atoms with Gasteiger partial charge in [-0.1, -0.05) is 11.6 Å². The predicted molar refractivity (Wildman–Crippen MR) is 74.6 cm³/mol. The molecule has 0 radical (unpaired) electrons. The van der Waals surface area contributed by atoms with Gasteiger partial charge in [-0.15, -0.1) is 0 Å². The first-order chi connectivity index (χ1) is 9.67. The number of hydrogen-bond donors (Lipinski definition) is 2. The van der Waals surface area contributed by atoms with Gasteiger partial charge in [0, 0.05) is 5.02 Å². The highest BCUT2D eigenvalue weighted by Crippen LogP contribution is 2.20. The van der Waals surface area contributed by atoms with Gasteiger partial charge in [-0.2, -0.15) is 4.72 Å². The second-order valence-corrected chi connectivity index (χ2v) is 6.32. The van der Waals surface area contributed by atoms with E-state index in [1.54, 1.807) is 0 Å². The van der Waals surface area contributed by atoms with Crippen molar-refractivity contribution in [2.45, 2.75) is 24.3 Å². The highest BCUT2D eigenvalue weighted by molar-refractivity contribution is 7.89. The summed E-state index contributed by atoms with van der Waals surface area (Å²) >= 11 is 5.74. The van der Waals surface area contributed by atoms with Crippen LogP contribution in [-0.4, -0.2) is 38.6 Å². The zero-order valence-electron chi connectivity index (χ0n) is 11.3. The topological polar surface area (TPSA) is 110 Å². The fourth-order valence-electron chi connectivity index (χ4n) is 1.59. The number of carbonyl (C=O) groups is 2. The summed E-state index contributed by atoms with van der Waals surface area (Å²) in [5, 5.41) is 9.34. The number of carbonyl (C=O) groups excluding carboxylic acids is 1. The number of ether oxygens (including phenoxy) is 1. The van der Waals surface area contributed by atoms with Gasteiger partial charge >= 0.3 is 11.9 Å². The zero-order chi connectivity index (χ0) is 16.2. The molecule has 0 heterocycles. The monoisotopic (exact) mass is 335 g/mol. The molecule has 0 amide bonds. The minimum Gasteiger partial charge on any atom is -0.480 e. The minimum absolute atomic E-state index is 0.108. The number of esters is 1. The van der Waals surface area contributed by atoms with Crippen LogP contribution >= 0.6 is 11.6 Å². The van der Waals surface area contributed by atoms with Gasteiger partial charge in [-0.25, -0.2) is 8.42 Å². The van der Waals surface area contributed by atoms with Crippen LogP contribution < -0.4 is 4.72 Å². The highest BCUT2D eigenvalue weighted by atomic mass is 35.5. The summed E-state index contributed by atoms with van der Waals surface area (Å²) in [6.45, 7) is 1.52. The Morgan fingerprint density at radius 1 is 1.43 bits per heavy atom. The van der Waals surface area contributed by atoms with Crippen molar-refractivity contribution in [3.8, 4) is 0 Å². The maximum Gasteiger partial charge on any atom is 0.322 e.